The normalized spacial score (nSPS) is 21.0. The van der Waals surface area contributed by atoms with Gasteiger partial charge in [0, 0.05) is 5.92 Å². The number of H-pyrrole nitrogens is 1. The molecular formula is C16H23N5O. The van der Waals surface area contributed by atoms with E-state index in [4.69, 9.17) is 4.98 Å². The molecular weight excluding hydrogens is 278 g/mol. The molecule has 6 heteroatoms. The van der Waals surface area contributed by atoms with E-state index in [0.29, 0.717) is 17.3 Å². The van der Waals surface area contributed by atoms with Gasteiger partial charge in [0.05, 0.1) is 11.7 Å². The van der Waals surface area contributed by atoms with Crippen LogP contribution in [0.4, 0.5) is 0 Å². The molecule has 2 N–H and O–H groups in total. The maximum atomic E-state index is 12.5. The zero-order valence-electron chi connectivity index (χ0n) is 13.1. The molecule has 1 aliphatic heterocycles. The summed E-state index contributed by atoms with van der Waals surface area (Å²) in [6.45, 7) is 3.90. The van der Waals surface area contributed by atoms with Crippen molar-refractivity contribution in [1.82, 2.24) is 25.1 Å². The highest BCUT2D eigenvalue weighted by Crippen LogP contribution is 2.32. The Labute approximate surface area is 129 Å². The number of hydrogen-bond donors (Lipinski definition) is 2. The average Bonchev–Trinajstić information content (AvgIpc) is 3.16. The lowest BCUT2D eigenvalue weighted by Gasteiger charge is -2.21. The number of aromatic amines is 1. The predicted octanol–water partition coefficient (Wildman–Crippen LogP) is 2.01. The van der Waals surface area contributed by atoms with Gasteiger partial charge in [0.15, 0.2) is 5.65 Å². The summed E-state index contributed by atoms with van der Waals surface area (Å²) in [6.07, 6.45) is 6.85. The Kier molecular flexibility index (Phi) is 3.48. The first kappa shape index (κ1) is 13.9. The van der Waals surface area contributed by atoms with Crippen LogP contribution in [0.3, 0.4) is 0 Å². The Balaban J connectivity index is 1.83. The standard InChI is InChI=1S/C16H23N5O/c1-10-13-15(21(20-10)12-4-2-3-5-12)18-14(19-16(13)22)11-6-8-17-9-7-11/h11-12,17H,2-9H2,1H3,(H,18,19,22). The molecule has 1 aliphatic carbocycles. The molecule has 0 radical (unpaired) electrons. The number of rotatable bonds is 2. The Hall–Kier alpha value is -1.69. The fourth-order valence-electron chi connectivity index (χ4n) is 3.92. The smallest absolute Gasteiger partial charge is 0.262 e. The van der Waals surface area contributed by atoms with Crippen molar-refractivity contribution in [3.63, 3.8) is 0 Å². The van der Waals surface area contributed by atoms with Crippen LogP contribution in [0.25, 0.3) is 11.0 Å². The highest BCUT2D eigenvalue weighted by atomic mass is 16.1. The van der Waals surface area contributed by atoms with Gasteiger partial charge in [-0.15, -0.1) is 0 Å². The minimum atomic E-state index is -0.0275. The van der Waals surface area contributed by atoms with Crippen molar-refractivity contribution < 1.29 is 0 Å². The van der Waals surface area contributed by atoms with Crippen molar-refractivity contribution in [3.05, 3.63) is 21.9 Å². The zero-order valence-corrected chi connectivity index (χ0v) is 13.1. The van der Waals surface area contributed by atoms with Crippen molar-refractivity contribution in [2.75, 3.05) is 13.1 Å². The summed E-state index contributed by atoms with van der Waals surface area (Å²) in [6, 6.07) is 0.409. The van der Waals surface area contributed by atoms with E-state index < -0.39 is 0 Å². The number of piperidine rings is 1. The molecule has 2 aromatic heterocycles. The number of fused-ring (bicyclic) bond motifs is 1. The van der Waals surface area contributed by atoms with Gasteiger partial charge in [-0.25, -0.2) is 9.67 Å². The lowest BCUT2D eigenvalue weighted by atomic mass is 9.97. The minimum Gasteiger partial charge on any atom is -0.317 e. The van der Waals surface area contributed by atoms with Gasteiger partial charge in [-0.1, -0.05) is 12.8 Å². The second-order valence-electron chi connectivity index (χ2n) is 6.64. The molecule has 2 aromatic rings. The van der Waals surface area contributed by atoms with Crippen molar-refractivity contribution in [2.24, 2.45) is 0 Å². The highest BCUT2D eigenvalue weighted by Gasteiger charge is 2.25. The van der Waals surface area contributed by atoms with Gasteiger partial charge in [-0.05, 0) is 45.7 Å². The van der Waals surface area contributed by atoms with Gasteiger partial charge >= 0.3 is 0 Å². The summed E-state index contributed by atoms with van der Waals surface area (Å²) in [7, 11) is 0. The summed E-state index contributed by atoms with van der Waals surface area (Å²) >= 11 is 0. The Morgan fingerprint density at radius 2 is 1.86 bits per heavy atom. The quantitative estimate of drug-likeness (QED) is 0.889. The molecule has 2 fully saturated rings. The van der Waals surface area contributed by atoms with Gasteiger partial charge < -0.3 is 10.3 Å². The molecule has 0 atom stereocenters. The van der Waals surface area contributed by atoms with E-state index in [9.17, 15) is 4.79 Å². The van der Waals surface area contributed by atoms with E-state index in [1.807, 2.05) is 11.6 Å². The van der Waals surface area contributed by atoms with E-state index in [1.165, 1.54) is 12.8 Å². The topological polar surface area (TPSA) is 75.6 Å². The molecule has 2 aliphatic rings. The highest BCUT2D eigenvalue weighted by molar-refractivity contribution is 5.77. The van der Waals surface area contributed by atoms with Crippen LogP contribution in [0.2, 0.25) is 0 Å². The summed E-state index contributed by atoms with van der Waals surface area (Å²) in [5, 5.41) is 8.67. The Bertz CT molecular complexity index is 735. The lowest BCUT2D eigenvalue weighted by Crippen LogP contribution is -2.28. The third-order valence-corrected chi connectivity index (χ3v) is 5.15. The minimum absolute atomic E-state index is 0.0275. The number of hydrogen-bond acceptors (Lipinski definition) is 4. The molecule has 0 spiro atoms. The van der Waals surface area contributed by atoms with Crippen LogP contribution in [-0.2, 0) is 0 Å². The van der Waals surface area contributed by atoms with Gasteiger partial charge in [-0.3, -0.25) is 4.79 Å². The fourth-order valence-corrected chi connectivity index (χ4v) is 3.92. The second-order valence-corrected chi connectivity index (χ2v) is 6.64. The molecule has 3 heterocycles. The van der Waals surface area contributed by atoms with Gasteiger partial charge in [-0.2, -0.15) is 5.10 Å². The third kappa shape index (κ3) is 2.26. The SMILES string of the molecule is Cc1nn(C2CCCC2)c2nc(C3CCNCC3)[nH]c(=O)c12. The van der Waals surface area contributed by atoms with Crippen LogP contribution >= 0.6 is 0 Å². The average molecular weight is 301 g/mol. The van der Waals surface area contributed by atoms with E-state index in [1.54, 1.807) is 0 Å². The molecule has 0 amide bonds. The first-order valence-electron chi connectivity index (χ1n) is 8.44. The Morgan fingerprint density at radius 3 is 2.59 bits per heavy atom. The van der Waals surface area contributed by atoms with E-state index in [0.717, 1.165) is 55.9 Å². The number of aryl methyl sites for hydroxylation is 1. The van der Waals surface area contributed by atoms with Crippen LogP contribution in [0.1, 0.15) is 62.0 Å². The maximum absolute atomic E-state index is 12.5. The second kappa shape index (κ2) is 5.50. The van der Waals surface area contributed by atoms with E-state index in [-0.39, 0.29) is 5.56 Å². The van der Waals surface area contributed by atoms with Crippen LogP contribution < -0.4 is 10.9 Å². The molecule has 1 saturated carbocycles. The van der Waals surface area contributed by atoms with Crippen molar-refractivity contribution in [2.45, 2.75) is 57.4 Å². The third-order valence-electron chi connectivity index (χ3n) is 5.15. The molecule has 4 rings (SSSR count). The zero-order chi connectivity index (χ0) is 15.1. The van der Waals surface area contributed by atoms with E-state index >= 15 is 0 Å². The monoisotopic (exact) mass is 301 g/mol. The predicted molar refractivity (Wildman–Crippen MR) is 85.2 cm³/mol. The van der Waals surface area contributed by atoms with Gasteiger partial charge in [0.1, 0.15) is 11.2 Å². The number of nitrogens with one attached hydrogen (secondary N) is 2. The number of aromatic nitrogens is 4. The van der Waals surface area contributed by atoms with E-state index in [2.05, 4.69) is 15.4 Å². The fraction of sp³-hybridized carbons (Fsp3) is 0.688. The van der Waals surface area contributed by atoms with Gasteiger partial charge in [0.2, 0.25) is 0 Å². The van der Waals surface area contributed by atoms with Crippen LogP contribution in [0, 0.1) is 6.92 Å². The molecule has 22 heavy (non-hydrogen) atoms. The summed E-state index contributed by atoms with van der Waals surface area (Å²) in [5.74, 6) is 1.20. The first-order chi connectivity index (χ1) is 10.7. The lowest BCUT2D eigenvalue weighted by molar-refractivity contribution is 0.442. The molecule has 6 nitrogen and oxygen atoms in total. The summed E-state index contributed by atoms with van der Waals surface area (Å²) in [4.78, 5) is 20.4. The van der Waals surface area contributed by atoms with Crippen molar-refractivity contribution >= 4 is 11.0 Å². The van der Waals surface area contributed by atoms with Crippen LogP contribution in [0.15, 0.2) is 4.79 Å². The molecule has 1 saturated heterocycles. The van der Waals surface area contributed by atoms with Crippen molar-refractivity contribution in [3.8, 4) is 0 Å². The summed E-state index contributed by atoms with van der Waals surface area (Å²) < 4.78 is 2.03. The summed E-state index contributed by atoms with van der Waals surface area (Å²) in [5.41, 5.74) is 1.56. The first-order valence-corrected chi connectivity index (χ1v) is 8.44. The molecule has 0 unspecified atom stereocenters. The largest absolute Gasteiger partial charge is 0.317 e. The molecule has 0 bridgehead atoms. The van der Waals surface area contributed by atoms with Crippen molar-refractivity contribution in [1.29, 1.82) is 0 Å². The van der Waals surface area contributed by atoms with Gasteiger partial charge in [0.25, 0.3) is 5.56 Å². The number of nitrogens with zero attached hydrogens (tertiary/aromatic N) is 3. The molecule has 0 aromatic carbocycles. The maximum Gasteiger partial charge on any atom is 0.262 e. The van der Waals surface area contributed by atoms with Crippen LogP contribution in [-0.4, -0.2) is 32.8 Å². The van der Waals surface area contributed by atoms with Crippen LogP contribution in [0.5, 0.6) is 0 Å². The molecule has 118 valence electrons. The Morgan fingerprint density at radius 1 is 1.14 bits per heavy atom.